The molecule has 3 heteroatoms. The predicted octanol–water partition coefficient (Wildman–Crippen LogP) is 3.85. The van der Waals surface area contributed by atoms with E-state index < -0.39 is 5.60 Å². The number of ketones is 2. The Hall–Kier alpha value is -0.960. The quantitative estimate of drug-likeness (QED) is 0.687. The first kappa shape index (κ1) is 15.3. The van der Waals surface area contributed by atoms with Crippen molar-refractivity contribution in [3.63, 3.8) is 0 Å². The SMILES string of the molecule is CC(=O)[C@@]12O[C@H]1C[C@@H]1[C@@H]3CCC4=CC(=O)CC[C@]4(C)[C@H]3CC[C@]12C. The molecular formula is C21H28O3. The molecule has 24 heavy (non-hydrogen) atoms. The normalized spacial score (nSPS) is 55.0. The summed E-state index contributed by atoms with van der Waals surface area (Å²) in [5, 5.41) is 0. The van der Waals surface area contributed by atoms with Gasteiger partial charge in [-0.3, -0.25) is 9.59 Å². The van der Waals surface area contributed by atoms with Gasteiger partial charge in [-0.1, -0.05) is 19.4 Å². The molecule has 1 aliphatic heterocycles. The number of Topliss-reactive ketones (excluding diaryl/α,β-unsaturated/α-hetero) is 1. The number of epoxide rings is 1. The molecule has 1 saturated heterocycles. The predicted molar refractivity (Wildman–Crippen MR) is 90.4 cm³/mol. The van der Waals surface area contributed by atoms with Crippen molar-refractivity contribution in [2.45, 2.75) is 77.4 Å². The molecule has 0 amide bonds. The number of ether oxygens (including phenoxy) is 1. The standard InChI is InChI=1S/C21H28O3/c1-12(22)21-18(24-21)11-17-15-5-4-13-10-14(23)6-8-19(13,2)16(15)7-9-20(17,21)3/h10,15-18H,4-9,11H2,1-3H3/t15-,16+,17-,18+,19+,20-,21-/m1/s1. The van der Waals surface area contributed by atoms with E-state index in [1.165, 1.54) is 18.4 Å². The van der Waals surface area contributed by atoms with Crippen molar-refractivity contribution in [3.05, 3.63) is 11.6 Å². The van der Waals surface area contributed by atoms with E-state index in [0.717, 1.165) is 25.7 Å². The topological polar surface area (TPSA) is 46.7 Å². The molecule has 5 aliphatic rings. The Morgan fingerprint density at radius 3 is 2.71 bits per heavy atom. The van der Waals surface area contributed by atoms with Gasteiger partial charge in [0.15, 0.2) is 17.2 Å². The first-order chi connectivity index (χ1) is 11.3. The van der Waals surface area contributed by atoms with Crippen molar-refractivity contribution in [1.82, 2.24) is 0 Å². The van der Waals surface area contributed by atoms with Crippen molar-refractivity contribution in [1.29, 1.82) is 0 Å². The van der Waals surface area contributed by atoms with Gasteiger partial charge < -0.3 is 4.74 Å². The van der Waals surface area contributed by atoms with Crippen LogP contribution in [0.5, 0.6) is 0 Å². The minimum atomic E-state index is -0.456. The third-order valence-electron chi connectivity index (χ3n) is 8.92. The Morgan fingerprint density at radius 1 is 1.17 bits per heavy atom. The van der Waals surface area contributed by atoms with Crippen LogP contribution in [0.4, 0.5) is 0 Å². The van der Waals surface area contributed by atoms with Gasteiger partial charge in [0.05, 0.1) is 6.10 Å². The van der Waals surface area contributed by atoms with Crippen LogP contribution < -0.4 is 0 Å². The van der Waals surface area contributed by atoms with Gasteiger partial charge in [0.1, 0.15) is 0 Å². The molecule has 0 bridgehead atoms. The van der Waals surface area contributed by atoms with Crippen LogP contribution in [0.15, 0.2) is 11.6 Å². The van der Waals surface area contributed by atoms with Gasteiger partial charge in [0.25, 0.3) is 0 Å². The fraction of sp³-hybridized carbons (Fsp3) is 0.810. The summed E-state index contributed by atoms with van der Waals surface area (Å²) in [6, 6.07) is 0. The Labute approximate surface area is 144 Å². The molecule has 0 spiro atoms. The highest BCUT2D eigenvalue weighted by molar-refractivity contribution is 5.92. The van der Waals surface area contributed by atoms with Crippen molar-refractivity contribution >= 4 is 11.6 Å². The number of hydrogen-bond acceptors (Lipinski definition) is 3. The van der Waals surface area contributed by atoms with Crippen LogP contribution in [0.1, 0.15) is 65.7 Å². The van der Waals surface area contributed by atoms with E-state index in [-0.39, 0.29) is 22.7 Å². The van der Waals surface area contributed by atoms with Crippen LogP contribution in [-0.2, 0) is 14.3 Å². The average molecular weight is 328 g/mol. The molecule has 130 valence electrons. The van der Waals surface area contributed by atoms with E-state index in [9.17, 15) is 9.59 Å². The zero-order chi connectivity index (χ0) is 16.9. The fourth-order valence-electron chi connectivity index (χ4n) is 7.62. The average Bonchev–Trinajstić information content (AvgIpc) is 3.21. The van der Waals surface area contributed by atoms with Crippen molar-refractivity contribution < 1.29 is 14.3 Å². The van der Waals surface area contributed by atoms with E-state index >= 15 is 0 Å². The Balaban J connectivity index is 1.52. The second-order valence-corrected chi connectivity index (χ2v) is 9.56. The number of fused-ring (bicyclic) bond motifs is 7. The van der Waals surface area contributed by atoms with E-state index in [0.29, 0.717) is 30.0 Å². The second-order valence-electron chi connectivity index (χ2n) is 9.56. The lowest BCUT2D eigenvalue weighted by atomic mass is 9.46. The first-order valence-corrected chi connectivity index (χ1v) is 9.76. The van der Waals surface area contributed by atoms with Crippen molar-refractivity contribution in [2.24, 2.45) is 28.6 Å². The maximum Gasteiger partial charge on any atom is 0.164 e. The van der Waals surface area contributed by atoms with Crippen LogP contribution in [-0.4, -0.2) is 23.3 Å². The van der Waals surface area contributed by atoms with Gasteiger partial charge in [0.2, 0.25) is 0 Å². The number of carbonyl (C=O) groups excluding carboxylic acids is 2. The number of allylic oxidation sites excluding steroid dienone is 1. The van der Waals surface area contributed by atoms with Crippen LogP contribution in [0.25, 0.3) is 0 Å². The molecule has 4 aliphatic carbocycles. The molecular weight excluding hydrogens is 300 g/mol. The highest BCUT2D eigenvalue weighted by atomic mass is 16.6. The van der Waals surface area contributed by atoms with Crippen LogP contribution in [0, 0.1) is 28.6 Å². The third-order valence-corrected chi connectivity index (χ3v) is 8.92. The highest BCUT2D eigenvalue weighted by Crippen LogP contribution is 2.73. The molecule has 4 fully saturated rings. The summed E-state index contributed by atoms with van der Waals surface area (Å²) in [4.78, 5) is 24.3. The summed E-state index contributed by atoms with van der Waals surface area (Å²) in [5.41, 5.74) is 1.22. The molecule has 0 aromatic carbocycles. The molecule has 0 radical (unpaired) electrons. The summed E-state index contributed by atoms with van der Waals surface area (Å²) in [6.07, 6.45) is 9.53. The molecule has 3 saturated carbocycles. The second kappa shape index (κ2) is 4.41. The van der Waals surface area contributed by atoms with Gasteiger partial charge in [-0.15, -0.1) is 0 Å². The molecule has 0 aromatic rings. The molecule has 1 heterocycles. The van der Waals surface area contributed by atoms with Crippen molar-refractivity contribution in [2.75, 3.05) is 0 Å². The van der Waals surface area contributed by atoms with E-state index in [2.05, 4.69) is 13.8 Å². The van der Waals surface area contributed by atoms with E-state index in [4.69, 9.17) is 4.74 Å². The maximum absolute atomic E-state index is 12.4. The van der Waals surface area contributed by atoms with Crippen LogP contribution in [0.2, 0.25) is 0 Å². The first-order valence-electron chi connectivity index (χ1n) is 9.76. The summed E-state index contributed by atoms with van der Waals surface area (Å²) in [5.74, 6) is 2.58. The minimum Gasteiger partial charge on any atom is -0.357 e. The molecule has 0 N–H and O–H groups in total. The number of hydrogen-bond donors (Lipinski definition) is 0. The smallest absolute Gasteiger partial charge is 0.164 e. The summed E-state index contributed by atoms with van der Waals surface area (Å²) in [7, 11) is 0. The zero-order valence-corrected chi connectivity index (χ0v) is 15.1. The number of rotatable bonds is 1. The Morgan fingerprint density at radius 2 is 1.96 bits per heavy atom. The summed E-state index contributed by atoms with van der Waals surface area (Å²) in [6.45, 7) is 6.48. The van der Waals surface area contributed by atoms with E-state index in [1.807, 2.05) is 6.08 Å². The maximum atomic E-state index is 12.4. The molecule has 5 rings (SSSR count). The highest BCUT2D eigenvalue weighted by Gasteiger charge is 2.79. The van der Waals surface area contributed by atoms with Crippen LogP contribution in [0.3, 0.4) is 0 Å². The lowest BCUT2D eigenvalue weighted by Gasteiger charge is -2.58. The molecule has 7 atom stereocenters. The van der Waals surface area contributed by atoms with E-state index in [1.54, 1.807) is 6.92 Å². The van der Waals surface area contributed by atoms with Crippen molar-refractivity contribution in [3.8, 4) is 0 Å². The van der Waals surface area contributed by atoms with Gasteiger partial charge in [-0.05, 0) is 74.7 Å². The monoisotopic (exact) mass is 328 g/mol. The lowest BCUT2D eigenvalue weighted by Crippen LogP contribution is -2.54. The molecule has 3 nitrogen and oxygen atoms in total. The van der Waals surface area contributed by atoms with Crippen LogP contribution >= 0.6 is 0 Å². The van der Waals surface area contributed by atoms with Gasteiger partial charge in [0, 0.05) is 11.8 Å². The molecule has 0 aromatic heterocycles. The van der Waals surface area contributed by atoms with Gasteiger partial charge in [-0.25, -0.2) is 0 Å². The van der Waals surface area contributed by atoms with Gasteiger partial charge >= 0.3 is 0 Å². The zero-order valence-electron chi connectivity index (χ0n) is 15.1. The largest absolute Gasteiger partial charge is 0.357 e. The Bertz CT molecular complexity index is 679. The number of carbonyl (C=O) groups is 2. The lowest BCUT2D eigenvalue weighted by molar-refractivity contribution is -0.136. The Kier molecular flexibility index (Phi) is 2.81. The summed E-state index contributed by atoms with van der Waals surface area (Å²) >= 11 is 0. The molecule has 0 unspecified atom stereocenters. The minimum absolute atomic E-state index is 0.0345. The fourth-order valence-corrected chi connectivity index (χ4v) is 7.62. The third kappa shape index (κ3) is 1.54. The summed E-state index contributed by atoms with van der Waals surface area (Å²) < 4.78 is 5.99. The van der Waals surface area contributed by atoms with Gasteiger partial charge in [-0.2, -0.15) is 0 Å².